The predicted molar refractivity (Wildman–Crippen MR) is 115 cm³/mol. The van der Waals surface area contributed by atoms with E-state index in [1.54, 1.807) is 31.2 Å². The van der Waals surface area contributed by atoms with Crippen LogP contribution in [0.15, 0.2) is 47.6 Å². The highest BCUT2D eigenvalue weighted by molar-refractivity contribution is 6.06. The molecular weight excluding hydrogens is 421 g/mol. The zero-order valence-electron chi connectivity index (χ0n) is 17.9. The van der Waals surface area contributed by atoms with Crippen LogP contribution in [0.5, 0.6) is 11.5 Å². The van der Waals surface area contributed by atoms with Gasteiger partial charge in [0.2, 0.25) is 5.91 Å². The van der Waals surface area contributed by atoms with Crippen LogP contribution in [0.1, 0.15) is 19.4 Å². The summed E-state index contributed by atoms with van der Waals surface area (Å²) in [6.45, 7) is 3.26. The normalized spacial score (nSPS) is 11.5. The van der Waals surface area contributed by atoms with Gasteiger partial charge in [-0.1, -0.05) is 12.1 Å². The molecule has 0 heterocycles. The van der Waals surface area contributed by atoms with Crippen molar-refractivity contribution in [2.24, 2.45) is 11.0 Å². The Kier molecular flexibility index (Phi) is 9.15. The number of rotatable bonds is 10. The molecule has 1 unspecified atom stereocenters. The van der Waals surface area contributed by atoms with Gasteiger partial charge >= 0.3 is 5.97 Å². The molecule has 0 bridgehead atoms. The van der Waals surface area contributed by atoms with Gasteiger partial charge in [-0.25, -0.2) is 14.6 Å². The summed E-state index contributed by atoms with van der Waals surface area (Å²) >= 11 is 0. The molecule has 170 valence electrons. The van der Waals surface area contributed by atoms with Crippen molar-refractivity contribution in [2.45, 2.75) is 13.8 Å². The SMILES string of the molecule is CCOc1cc(C=NNC(=O)C(C)C(=O)Nc2ccccc2F)ccc1OCC(=O)OC. The number of carbonyl (C=O) groups excluding carboxylic acids is 3. The van der Waals surface area contributed by atoms with Gasteiger partial charge in [-0.2, -0.15) is 5.10 Å². The minimum atomic E-state index is -1.11. The maximum absolute atomic E-state index is 13.6. The quantitative estimate of drug-likeness (QED) is 0.251. The summed E-state index contributed by atoms with van der Waals surface area (Å²) in [5, 5.41) is 6.20. The number of hydrogen-bond acceptors (Lipinski definition) is 7. The van der Waals surface area contributed by atoms with E-state index in [-0.39, 0.29) is 12.3 Å². The van der Waals surface area contributed by atoms with E-state index in [0.29, 0.717) is 23.7 Å². The lowest BCUT2D eigenvalue weighted by Crippen LogP contribution is -2.34. The number of amides is 2. The van der Waals surface area contributed by atoms with E-state index in [2.05, 4.69) is 20.6 Å². The second kappa shape index (κ2) is 12.0. The van der Waals surface area contributed by atoms with Crippen molar-refractivity contribution in [3.63, 3.8) is 0 Å². The van der Waals surface area contributed by atoms with Crippen LogP contribution in [0.3, 0.4) is 0 Å². The molecule has 1 atom stereocenters. The van der Waals surface area contributed by atoms with Crippen LogP contribution < -0.4 is 20.2 Å². The molecular formula is C22H24FN3O6. The fraction of sp³-hybridized carbons (Fsp3) is 0.273. The number of hydrazone groups is 1. The van der Waals surface area contributed by atoms with Gasteiger partial charge in [0.05, 0.1) is 25.6 Å². The summed E-state index contributed by atoms with van der Waals surface area (Å²) in [6, 6.07) is 10.5. The van der Waals surface area contributed by atoms with Crippen molar-refractivity contribution >= 4 is 29.7 Å². The van der Waals surface area contributed by atoms with Crippen LogP contribution in [-0.4, -0.2) is 44.3 Å². The molecule has 32 heavy (non-hydrogen) atoms. The Bertz CT molecular complexity index is 995. The molecule has 0 aliphatic heterocycles. The molecule has 9 nitrogen and oxygen atoms in total. The Morgan fingerprint density at radius 2 is 1.84 bits per heavy atom. The lowest BCUT2D eigenvalue weighted by Gasteiger charge is -2.12. The molecule has 0 saturated heterocycles. The lowest BCUT2D eigenvalue weighted by atomic mass is 10.1. The molecule has 2 rings (SSSR count). The molecule has 0 aliphatic carbocycles. The first-order valence-corrected chi connectivity index (χ1v) is 9.70. The topological polar surface area (TPSA) is 115 Å². The number of carbonyl (C=O) groups is 3. The lowest BCUT2D eigenvalue weighted by molar-refractivity contribution is -0.143. The summed E-state index contributed by atoms with van der Waals surface area (Å²) in [4.78, 5) is 35.6. The average Bonchev–Trinajstić information content (AvgIpc) is 2.79. The summed E-state index contributed by atoms with van der Waals surface area (Å²) in [7, 11) is 1.26. The smallest absolute Gasteiger partial charge is 0.343 e. The number of hydrogen-bond donors (Lipinski definition) is 2. The monoisotopic (exact) mass is 445 g/mol. The molecule has 0 saturated carbocycles. The second-order valence-corrected chi connectivity index (χ2v) is 6.43. The van der Waals surface area contributed by atoms with Crippen LogP contribution in [0.25, 0.3) is 0 Å². The summed E-state index contributed by atoms with van der Waals surface area (Å²) < 4.78 is 29.0. The van der Waals surface area contributed by atoms with Gasteiger partial charge in [-0.05, 0) is 49.7 Å². The Balaban J connectivity index is 1.97. The number of ether oxygens (including phenoxy) is 3. The van der Waals surface area contributed by atoms with E-state index in [1.165, 1.54) is 38.4 Å². The third-order valence-corrected chi connectivity index (χ3v) is 4.15. The van der Waals surface area contributed by atoms with Crippen molar-refractivity contribution in [2.75, 3.05) is 25.6 Å². The highest BCUT2D eigenvalue weighted by Crippen LogP contribution is 2.28. The fourth-order valence-electron chi connectivity index (χ4n) is 2.38. The van der Waals surface area contributed by atoms with Gasteiger partial charge in [0.1, 0.15) is 11.7 Å². The van der Waals surface area contributed by atoms with E-state index < -0.39 is 29.5 Å². The summed E-state index contributed by atoms with van der Waals surface area (Å²) in [5.74, 6) is -2.86. The molecule has 2 aromatic rings. The number of benzene rings is 2. The van der Waals surface area contributed by atoms with Crippen molar-refractivity contribution < 1.29 is 33.0 Å². The van der Waals surface area contributed by atoms with Gasteiger partial charge in [0.15, 0.2) is 18.1 Å². The van der Waals surface area contributed by atoms with Gasteiger partial charge in [0.25, 0.3) is 5.91 Å². The van der Waals surface area contributed by atoms with Crippen LogP contribution in [0.4, 0.5) is 10.1 Å². The zero-order valence-corrected chi connectivity index (χ0v) is 17.9. The van der Waals surface area contributed by atoms with Crippen LogP contribution in [0, 0.1) is 11.7 Å². The van der Waals surface area contributed by atoms with Crippen molar-refractivity contribution in [1.82, 2.24) is 5.43 Å². The third kappa shape index (κ3) is 7.08. The Morgan fingerprint density at radius 1 is 1.09 bits per heavy atom. The Hall–Kier alpha value is -3.95. The maximum atomic E-state index is 13.6. The van der Waals surface area contributed by atoms with E-state index in [1.807, 2.05) is 0 Å². The minimum absolute atomic E-state index is 0.0152. The number of methoxy groups -OCH3 is 1. The van der Waals surface area contributed by atoms with E-state index in [0.717, 1.165) is 0 Å². The maximum Gasteiger partial charge on any atom is 0.343 e. The fourth-order valence-corrected chi connectivity index (χ4v) is 2.38. The first-order chi connectivity index (χ1) is 15.3. The van der Waals surface area contributed by atoms with Crippen molar-refractivity contribution in [3.8, 4) is 11.5 Å². The Labute approximate surface area is 184 Å². The predicted octanol–water partition coefficient (Wildman–Crippen LogP) is 2.50. The highest BCUT2D eigenvalue weighted by Gasteiger charge is 2.22. The highest BCUT2D eigenvalue weighted by atomic mass is 19.1. The second-order valence-electron chi connectivity index (χ2n) is 6.43. The standard InChI is InChI=1S/C22H24FN3O6/c1-4-31-19-11-15(9-10-18(19)32-13-20(27)30-3)12-24-26-22(29)14(2)21(28)25-17-8-6-5-7-16(17)23/h5-12,14H,4,13H2,1-3H3,(H,25,28)(H,26,29). The zero-order chi connectivity index (χ0) is 23.5. The number of nitrogens with one attached hydrogen (secondary N) is 2. The molecule has 0 fully saturated rings. The van der Waals surface area contributed by atoms with Gasteiger partial charge < -0.3 is 19.5 Å². The van der Waals surface area contributed by atoms with E-state index >= 15 is 0 Å². The van der Waals surface area contributed by atoms with E-state index in [4.69, 9.17) is 9.47 Å². The molecule has 0 aliphatic rings. The molecule has 0 spiro atoms. The molecule has 2 amide bonds. The Morgan fingerprint density at radius 3 is 2.53 bits per heavy atom. The summed E-state index contributed by atoms with van der Waals surface area (Å²) in [5.41, 5.74) is 2.83. The minimum Gasteiger partial charge on any atom is -0.490 e. The molecule has 2 N–H and O–H groups in total. The summed E-state index contributed by atoms with van der Waals surface area (Å²) in [6.07, 6.45) is 1.35. The van der Waals surface area contributed by atoms with Crippen LogP contribution >= 0.6 is 0 Å². The van der Waals surface area contributed by atoms with Crippen LogP contribution in [0.2, 0.25) is 0 Å². The number of nitrogens with zero attached hydrogens (tertiary/aromatic N) is 1. The average molecular weight is 445 g/mol. The third-order valence-electron chi connectivity index (χ3n) is 4.15. The van der Waals surface area contributed by atoms with Crippen molar-refractivity contribution in [1.29, 1.82) is 0 Å². The van der Waals surface area contributed by atoms with Gasteiger partial charge in [-0.3, -0.25) is 9.59 Å². The van der Waals surface area contributed by atoms with Crippen molar-refractivity contribution in [3.05, 3.63) is 53.8 Å². The van der Waals surface area contributed by atoms with E-state index in [9.17, 15) is 18.8 Å². The number of para-hydroxylation sites is 1. The number of halogens is 1. The molecule has 0 aromatic heterocycles. The first kappa shape index (κ1) is 24.3. The number of anilines is 1. The molecule has 0 radical (unpaired) electrons. The van der Waals surface area contributed by atoms with Gasteiger partial charge in [0, 0.05) is 0 Å². The largest absolute Gasteiger partial charge is 0.490 e. The molecule has 2 aromatic carbocycles. The van der Waals surface area contributed by atoms with Gasteiger partial charge in [-0.15, -0.1) is 0 Å². The first-order valence-electron chi connectivity index (χ1n) is 9.70. The van der Waals surface area contributed by atoms with Crippen LogP contribution in [-0.2, 0) is 19.1 Å². The number of esters is 1. The molecule has 10 heteroatoms.